The monoisotopic (exact) mass is 515 g/mol. The highest BCUT2D eigenvalue weighted by Gasteiger charge is 2.25. The fraction of sp³-hybridized carbons (Fsp3) is 0.269. The molecule has 0 aliphatic carbocycles. The van der Waals surface area contributed by atoms with Crippen LogP contribution in [-0.4, -0.2) is 63.1 Å². The van der Waals surface area contributed by atoms with Gasteiger partial charge in [-0.3, -0.25) is 14.3 Å². The van der Waals surface area contributed by atoms with Gasteiger partial charge in [-0.05, 0) is 30.0 Å². The second-order valence-electron chi connectivity index (χ2n) is 9.52. The van der Waals surface area contributed by atoms with Gasteiger partial charge in [-0.1, -0.05) is 0 Å². The van der Waals surface area contributed by atoms with E-state index in [4.69, 9.17) is 5.73 Å². The third kappa shape index (κ3) is 3.94. The van der Waals surface area contributed by atoms with Crippen LogP contribution in [0.3, 0.4) is 0 Å². The number of fused-ring (bicyclic) bond motifs is 3. The van der Waals surface area contributed by atoms with Crippen molar-refractivity contribution in [1.29, 1.82) is 0 Å². The van der Waals surface area contributed by atoms with Gasteiger partial charge in [-0.15, -0.1) is 0 Å². The largest absolute Gasteiger partial charge is 0.396 e. The summed E-state index contributed by atoms with van der Waals surface area (Å²) in [6.45, 7) is 3.66. The molecule has 5 heterocycles. The van der Waals surface area contributed by atoms with E-state index >= 15 is 4.39 Å². The molecule has 2 amide bonds. The number of anilines is 4. The molecule has 194 valence electrons. The lowest BCUT2D eigenvalue weighted by molar-refractivity contribution is -0.121. The Labute approximate surface area is 217 Å². The zero-order chi connectivity index (χ0) is 26.6. The van der Waals surface area contributed by atoms with Crippen LogP contribution in [0, 0.1) is 12.7 Å². The number of nitrogens with zero attached hydrogens (tertiary/aromatic N) is 5. The molecule has 0 unspecified atom stereocenters. The summed E-state index contributed by atoms with van der Waals surface area (Å²) >= 11 is 0. The molecule has 3 aromatic heterocycles. The zero-order valence-electron chi connectivity index (χ0n) is 20.9. The van der Waals surface area contributed by atoms with Gasteiger partial charge in [-0.2, -0.15) is 5.10 Å². The number of carbonyl (C=O) groups excluding carboxylic acids is 2. The maximum absolute atomic E-state index is 15.6. The maximum Gasteiger partial charge on any atom is 0.274 e. The van der Waals surface area contributed by atoms with Gasteiger partial charge >= 0.3 is 0 Å². The van der Waals surface area contributed by atoms with E-state index in [9.17, 15) is 9.59 Å². The average molecular weight is 516 g/mol. The molecular formula is C26H26FN9O2. The van der Waals surface area contributed by atoms with Crippen LogP contribution in [0.5, 0.6) is 0 Å². The molecule has 0 radical (unpaired) electrons. The van der Waals surface area contributed by atoms with Gasteiger partial charge < -0.3 is 26.6 Å². The van der Waals surface area contributed by atoms with Crippen molar-refractivity contribution in [3.8, 4) is 11.1 Å². The van der Waals surface area contributed by atoms with Gasteiger partial charge in [0.15, 0.2) is 17.3 Å². The molecule has 4 aromatic rings. The molecule has 2 aliphatic rings. The third-order valence-corrected chi connectivity index (χ3v) is 7.04. The summed E-state index contributed by atoms with van der Waals surface area (Å²) in [5, 5.41) is 14.9. The first kappa shape index (κ1) is 23.6. The summed E-state index contributed by atoms with van der Waals surface area (Å²) in [4.78, 5) is 34.9. The van der Waals surface area contributed by atoms with Gasteiger partial charge in [0, 0.05) is 73.8 Å². The number of halogens is 1. The Kier molecular flexibility index (Phi) is 5.59. The average Bonchev–Trinajstić information content (AvgIpc) is 3.08. The summed E-state index contributed by atoms with van der Waals surface area (Å²) in [5.74, 6) is 0.222. The van der Waals surface area contributed by atoms with Crippen molar-refractivity contribution in [2.24, 2.45) is 0 Å². The topological polar surface area (TPSA) is 143 Å². The van der Waals surface area contributed by atoms with E-state index in [1.807, 2.05) is 13.0 Å². The standard InChI is InChI=1S/C26H26FN9O2/c1-13-17(10-32-25-24(13)30-5-6-35(2)26(25)38)16-7-14-8-19(31-11-18(14)23(28)22(16)27)33-20-9-15-3-4-29-21(37)12-36(15)34-20/h7-11,30H,3-6,12,28H2,1-2H3,(H,29,37)(H,31,33,34). The lowest BCUT2D eigenvalue weighted by Gasteiger charge is -2.16. The molecule has 6 rings (SSSR count). The number of nitrogen functional groups attached to an aromatic ring is 1. The van der Waals surface area contributed by atoms with Crippen molar-refractivity contribution >= 4 is 45.6 Å². The molecule has 0 bridgehead atoms. The molecule has 0 atom stereocenters. The van der Waals surface area contributed by atoms with Crippen molar-refractivity contribution in [3.63, 3.8) is 0 Å². The first-order chi connectivity index (χ1) is 18.3. The number of rotatable bonds is 3. The van der Waals surface area contributed by atoms with Gasteiger partial charge in [-0.25, -0.2) is 14.4 Å². The first-order valence-electron chi connectivity index (χ1n) is 12.3. The molecule has 11 nitrogen and oxygen atoms in total. The Morgan fingerprint density at radius 2 is 1.89 bits per heavy atom. The van der Waals surface area contributed by atoms with E-state index < -0.39 is 5.82 Å². The van der Waals surface area contributed by atoms with Gasteiger partial charge in [0.2, 0.25) is 5.91 Å². The number of amides is 2. The first-order valence-corrected chi connectivity index (χ1v) is 12.3. The molecule has 2 aliphatic heterocycles. The molecule has 5 N–H and O–H groups in total. The number of benzene rings is 1. The number of likely N-dealkylation sites (N-methyl/N-ethyl adjacent to an activating group) is 1. The van der Waals surface area contributed by atoms with Crippen LogP contribution < -0.4 is 21.7 Å². The maximum atomic E-state index is 15.6. The van der Waals surface area contributed by atoms with Crippen LogP contribution in [0.2, 0.25) is 0 Å². The number of hydrogen-bond acceptors (Lipinski definition) is 8. The number of nitrogens with two attached hydrogens (primary N) is 1. The van der Waals surface area contributed by atoms with Crippen molar-refractivity contribution < 1.29 is 14.0 Å². The number of carbonyl (C=O) groups is 2. The van der Waals surface area contributed by atoms with Gasteiger partial charge in [0.1, 0.15) is 12.4 Å². The normalized spacial score (nSPS) is 15.3. The van der Waals surface area contributed by atoms with E-state index in [-0.39, 0.29) is 29.6 Å². The number of aromatic nitrogens is 4. The fourth-order valence-electron chi connectivity index (χ4n) is 4.95. The Morgan fingerprint density at radius 3 is 2.74 bits per heavy atom. The Hall–Kier alpha value is -4.74. The van der Waals surface area contributed by atoms with Crippen LogP contribution in [0.4, 0.5) is 27.4 Å². The Bertz CT molecular complexity index is 1630. The lowest BCUT2D eigenvalue weighted by Crippen LogP contribution is -2.28. The highest BCUT2D eigenvalue weighted by molar-refractivity contribution is 6.02. The lowest BCUT2D eigenvalue weighted by atomic mass is 9.96. The van der Waals surface area contributed by atoms with E-state index in [0.29, 0.717) is 71.0 Å². The van der Waals surface area contributed by atoms with Crippen LogP contribution in [0.15, 0.2) is 30.6 Å². The molecule has 1 aromatic carbocycles. The number of hydrogen-bond donors (Lipinski definition) is 4. The van der Waals surface area contributed by atoms with Crippen LogP contribution >= 0.6 is 0 Å². The highest BCUT2D eigenvalue weighted by atomic mass is 19.1. The quantitative estimate of drug-likeness (QED) is 0.305. The number of nitrogens with one attached hydrogen (secondary N) is 3. The molecule has 12 heteroatoms. The summed E-state index contributed by atoms with van der Waals surface area (Å²) in [6.07, 6.45) is 3.72. The number of pyridine rings is 2. The Morgan fingerprint density at radius 1 is 1.05 bits per heavy atom. The smallest absolute Gasteiger partial charge is 0.274 e. The Balaban J connectivity index is 1.39. The molecule has 0 saturated carbocycles. The second-order valence-corrected chi connectivity index (χ2v) is 9.52. The van der Waals surface area contributed by atoms with Crippen LogP contribution in [0.25, 0.3) is 21.9 Å². The SMILES string of the molecule is Cc1c(-c2cc3cc(Nc4cc5n(n4)CC(=O)NCC5)ncc3c(N)c2F)cnc2c1NCCN(C)C2=O. The summed E-state index contributed by atoms with van der Waals surface area (Å²) in [5.41, 5.74) is 9.59. The molecule has 0 fully saturated rings. The van der Waals surface area contributed by atoms with E-state index in [1.54, 1.807) is 28.8 Å². The predicted octanol–water partition coefficient (Wildman–Crippen LogP) is 2.44. The summed E-state index contributed by atoms with van der Waals surface area (Å²) < 4.78 is 17.2. The van der Waals surface area contributed by atoms with Crippen LogP contribution in [0.1, 0.15) is 21.7 Å². The van der Waals surface area contributed by atoms with Gasteiger partial charge in [0.25, 0.3) is 5.91 Å². The second kappa shape index (κ2) is 8.98. The van der Waals surface area contributed by atoms with Crippen molar-refractivity contribution in [3.05, 3.63) is 53.4 Å². The van der Waals surface area contributed by atoms with E-state index in [2.05, 4.69) is 31.0 Å². The van der Waals surface area contributed by atoms with Crippen molar-refractivity contribution in [2.75, 3.05) is 43.0 Å². The summed E-state index contributed by atoms with van der Waals surface area (Å²) in [7, 11) is 1.73. The molecule has 38 heavy (non-hydrogen) atoms. The predicted molar refractivity (Wildman–Crippen MR) is 142 cm³/mol. The zero-order valence-corrected chi connectivity index (χ0v) is 20.9. The van der Waals surface area contributed by atoms with Crippen molar-refractivity contribution in [2.45, 2.75) is 19.9 Å². The molecular weight excluding hydrogens is 489 g/mol. The molecule has 0 saturated heterocycles. The minimum atomic E-state index is -0.571. The fourth-order valence-corrected chi connectivity index (χ4v) is 4.95. The van der Waals surface area contributed by atoms with Crippen LogP contribution in [-0.2, 0) is 17.8 Å². The van der Waals surface area contributed by atoms with E-state index in [0.717, 1.165) is 5.69 Å². The van der Waals surface area contributed by atoms with Crippen molar-refractivity contribution in [1.82, 2.24) is 30.0 Å². The molecule has 0 spiro atoms. The summed E-state index contributed by atoms with van der Waals surface area (Å²) in [6, 6.07) is 5.36. The third-order valence-electron chi connectivity index (χ3n) is 7.04. The highest BCUT2D eigenvalue weighted by Crippen LogP contribution is 2.38. The minimum Gasteiger partial charge on any atom is -0.396 e. The minimum absolute atomic E-state index is 0.0191. The van der Waals surface area contributed by atoms with Gasteiger partial charge in [0.05, 0.1) is 11.4 Å². The van der Waals surface area contributed by atoms with E-state index in [1.165, 1.54) is 12.4 Å².